The molecule has 1 fully saturated rings. The van der Waals surface area contributed by atoms with Gasteiger partial charge in [0.05, 0.1) is 7.11 Å². The maximum Gasteiger partial charge on any atom is 0.119 e. The monoisotopic (exact) mass is 341 g/mol. The Morgan fingerprint density at radius 3 is 2.70 bits per heavy atom. The van der Waals surface area contributed by atoms with Crippen LogP contribution in [0.4, 0.5) is 0 Å². The molecule has 0 radical (unpaired) electrons. The number of piperidine rings is 1. The third-order valence-corrected chi connectivity index (χ3v) is 4.31. The summed E-state index contributed by atoms with van der Waals surface area (Å²) in [4.78, 5) is 2.53. The molecule has 0 spiro atoms. The van der Waals surface area contributed by atoms with Crippen molar-refractivity contribution in [1.82, 2.24) is 4.90 Å². The van der Waals surface area contributed by atoms with E-state index in [4.69, 9.17) is 9.47 Å². The lowest BCUT2D eigenvalue weighted by Gasteiger charge is -2.32. The molecule has 1 atom stereocenters. The minimum Gasteiger partial charge on any atom is -0.497 e. The van der Waals surface area contributed by atoms with Crippen LogP contribution in [0.2, 0.25) is 0 Å². The van der Waals surface area contributed by atoms with Crippen LogP contribution in [0.25, 0.3) is 0 Å². The third kappa shape index (κ3) is 4.98. The Hall–Kier alpha value is -0.740. The second-order valence-electron chi connectivity index (χ2n) is 5.31. The fraction of sp³-hybridized carbons (Fsp3) is 0.625. The van der Waals surface area contributed by atoms with Gasteiger partial charge in [-0.05, 0) is 56.0 Å². The lowest BCUT2D eigenvalue weighted by Crippen LogP contribution is -2.38. The van der Waals surface area contributed by atoms with Crippen molar-refractivity contribution in [2.45, 2.75) is 19.3 Å². The number of hydrogen-bond donors (Lipinski definition) is 0. The number of likely N-dealkylation sites (tertiary alicyclic amines) is 1. The zero-order valence-electron chi connectivity index (χ0n) is 12.2. The van der Waals surface area contributed by atoms with Gasteiger partial charge in [0.25, 0.3) is 0 Å². The molecule has 0 aromatic heterocycles. The van der Waals surface area contributed by atoms with E-state index in [1.54, 1.807) is 7.11 Å². The van der Waals surface area contributed by atoms with E-state index in [9.17, 15) is 0 Å². The molecule has 1 heterocycles. The summed E-state index contributed by atoms with van der Waals surface area (Å²) in [6, 6.07) is 7.79. The molecule has 1 aliphatic heterocycles. The number of halogens is 1. The lowest BCUT2D eigenvalue weighted by atomic mass is 9.96. The van der Waals surface area contributed by atoms with E-state index >= 15 is 0 Å². The molecule has 0 bridgehead atoms. The number of benzene rings is 1. The highest BCUT2D eigenvalue weighted by atomic mass is 79.9. The minimum absolute atomic E-state index is 0.757. The van der Waals surface area contributed by atoms with Crippen molar-refractivity contribution in [2.24, 2.45) is 5.92 Å². The molecule has 0 aliphatic carbocycles. The molecule has 20 heavy (non-hydrogen) atoms. The van der Waals surface area contributed by atoms with Gasteiger partial charge in [0, 0.05) is 18.4 Å². The van der Waals surface area contributed by atoms with E-state index in [1.165, 1.54) is 32.4 Å². The van der Waals surface area contributed by atoms with Gasteiger partial charge in [-0.15, -0.1) is 0 Å². The number of methoxy groups -OCH3 is 1. The van der Waals surface area contributed by atoms with Crippen LogP contribution in [0.5, 0.6) is 11.5 Å². The smallest absolute Gasteiger partial charge is 0.119 e. The molecular formula is C16H24BrNO2. The summed E-state index contributed by atoms with van der Waals surface area (Å²) < 4.78 is 10.9. The van der Waals surface area contributed by atoms with E-state index in [1.807, 2.05) is 24.3 Å². The first-order chi connectivity index (χ1) is 9.81. The van der Waals surface area contributed by atoms with Gasteiger partial charge in [0.2, 0.25) is 0 Å². The molecule has 2 rings (SSSR count). The minimum atomic E-state index is 0.757. The Labute approximate surface area is 130 Å². The van der Waals surface area contributed by atoms with E-state index in [0.29, 0.717) is 0 Å². The first-order valence-electron chi connectivity index (χ1n) is 7.37. The molecule has 1 saturated heterocycles. The van der Waals surface area contributed by atoms with Gasteiger partial charge in [0.15, 0.2) is 0 Å². The van der Waals surface area contributed by atoms with Crippen molar-refractivity contribution in [2.75, 3.05) is 38.7 Å². The molecule has 0 amide bonds. The van der Waals surface area contributed by atoms with Crippen LogP contribution in [0.15, 0.2) is 24.3 Å². The molecule has 4 heteroatoms. The van der Waals surface area contributed by atoms with Crippen LogP contribution in [0, 0.1) is 5.92 Å². The summed E-state index contributed by atoms with van der Waals surface area (Å²) >= 11 is 3.55. The van der Waals surface area contributed by atoms with E-state index in [0.717, 1.165) is 35.9 Å². The van der Waals surface area contributed by atoms with Gasteiger partial charge in [-0.1, -0.05) is 15.9 Å². The predicted octanol–water partition coefficient (Wildman–Crippen LogP) is 3.57. The summed E-state index contributed by atoms with van der Waals surface area (Å²) in [6.07, 6.45) is 3.98. The Morgan fingerprint density at radius 2 is 2.00 bits per heavy atom. The van der Waals surface area contributed by atoms with Crippen molar-refractivity contribution in [3.8, 4) is 11.5 Å². The summed E-state index contributed by atoms with van der Waals surface area (Å²) in [5.41, 5.74) is 0. The average molecular weight is 342 g/mol. The summed E-state index contributed by atoms with van der Waals surface area (Å²) in [7, 11) is 1.68. The highest BCUT2D eigenvalue weighted by Crippen LogP contribution is 2.20. The number of alkyl halides is 1. The lowest BCUT2D eigenvalue weighted by molar-refractivity contribution is 0.145. The summed E-state index contributed by atoms with van der Waals surface area (Å²) in [5, 5.41) is 1.12. The fourth-order valence-electron chi connectivity index (χ4n) is 2.71. The largest absolute Gasteiger partial charge is 0.497 e. The van der Waals surface area contributed by atoms with Crippen LogP contribution in [-0.2, 0) is 0 Å². The predicted molar refractivity (Wildman–Crippen MR) is 86.1 cm³/mol. The van der Waals surface area contributed by atoms with Crippen molar-refractivity contribution in [3.05, 3.63) is 24.3 Å². The molecular weight excluding hydrogens is 318 g/mol. The fourth-order valence-corrected chi connectivity index (χ4v) is 3.36. The molecule has 1 aromatic rings. The third-order valence-electron chi connectivity index (χ3n) is 3.86. The normalized spacial score (nSPS) is 19.8. The molecule has 1 aliphatic rings. The molecule has 0 saturated carbocycles. The van der Waals surface area contributed by atoms with E-state index < -0.39 is 0 Å². The summed E-state index contributed by atoms with van der Waals surface area (Å²) in [6.45, 7) is 4.21. The van der Waals surface area contributed by atoms with E-state index in [-0.39, 0.29) is 0 Å². The quantitative estimate of drug-likeness (QED) is 0.707. The van der Waals surface area contributed by atoms with Crippen LogP contribution < -0.4 is 9.47 Å². The number of hydrogen-bond acceptors (Lipinski definition) is 3. The second kappa shape index (κ2) is 8.53. The van der Waals surface area contributed by atoms with Gasteiger partial charge in [-0.3, -0.25) is 4.90 Å². The molecule has 1 unspecified atom stereocenters. The first-order valence-corrected chi connectivity index (χ1v) is 8.49. The van der Waals surface area contributed by atoms with Gasteiger partial charge < -0.3 is 9.47 Å². The zero-order valence-corrected chi connectivity index (χ0v) is 13.8. The van der Waals surface area contributed by atoms with Crippen LogP contribution in [0.1, 0.15) is 19.3 Å². The van der Waals surface area contributed by atoms with Crippen molar-refractivity contribution in [1.29, 1.82) is 0 Å². The van der Waals surface area contributed by atoms with Gasteiger partial charge in [-0.25, -0.2) is 0 Å². The SMILES string of the molecule is COc1ccc(OCCN2CCCC(CCBr)C2)cc1. The maximum atomic E-state index is 5.80. The van der Waals surface area contributed by atoms with Gasteiger partial charge >= 0.3 is 0 Å². The van der Waals surface area contributed by atoms with Crippen LogP contribution in [0.3, 0.4) is 0 Å². The summed E-state index contributed by atoms with van der Waals surface area (Å²) in [5.74, 6) is 2.63. The second-order valence-corrected chi connectivity index (χ2v) is 6.10. The Kier molecular flexibility index (Phi) is 6.67. The van der Waals surface area contributed by atoms with Gasteiger partial charge in [-0.2, -0.15) is 0 Å². The van der Waals surface area contributed by atoms with Crippen LogP contribution >= 0.6 is 15.9 Å². The molecule has 0 N–H and O–H groups in total. The molecule has 1 aromatic carbocycles. The first kappa shape index (κ1) is 15.6. The van der Waals surface area contributed by atoms with Crippen LogP contribution in [-0.4, -0.2) is 43.6 Å². The zero-order chi connectivity index (χ0) is 14.2. The average Bonchev–Trinajstić information content (AvgIpc) is 2.49. The van der Waals surface area contributed by atoms with Crippen molar-refractivity contribution in [3.63, 3.8) is 0 Å². The van der Waals surface area contributed by atoms with E-state index in [2.05, 4.69) is 20.8 Å². The maximum absolute atomic E-state index is 5.80. The standard InChI is InChI=1S/C16H24BrNO2/c1-19-15-4-6-16(7-5-15)20-12-11-18-10-2-3-14(13-18)8-9-17/h4-7,14H,2-3,8-13H2,1H3. The number of ether oxygens (including phenoxy) is 2. The number of nitrogens with zero attached hydrogens (tertiary/aromatic N) is 1. The highest BCUT2D eigenvalue weighted by Gasteiger charge is 2.18. The topological polar surface area (TPSA) is 21.7 Å². The van der Waals surface area contributed by atoms with Gasteiger partial charge in [0.1, 0.15) is 18.1 Å². The van der Waals surface area contributed by atoms with Crippen molar-refractivity contribution >= 4 is 15.9 Å². The Bertz CT molecular complexity index is 381. The molecule has 3 nitrogen and oxygen atoms in total. The Morgan fingerprint density at radius 1 is 1.25 bits per heavy atom. The Balaban J connectivity index is 1.69. The van der Waals surface area contributed by atoms with Crippen molar-refractivity contribution < 1.29 is 9.47 Å². The molecule has 112 valence electrons. The highest BCUT2D eigenvalue weighted by molar-refractivity contribution is 9.09. The number of rotatable bonds is 7.